The molecule has 2 aromatic rings. The average molecular weight is 285 g/mol. The van der Waals surface area contributed by atoms with Crippen molar-refractivity contribution in [2.75, 3.05) is 5.73 Å². The Kier molecular flexibility index (Phi) is 4.85. The van der Waals surface area contributed by atoms with Crippen LogP contribution in [0.4, 0.5) is 5.69 Å². The molecule has 2 nitrogen and oxygen atoms in total. The van der Waals surface area contributed by atoms with E-state index in [9.17, 15) is 4.79 Å². The largest absolute Gasteiger partial charge is 0.398 e. The van der Waals surface area contributed by atoms with Gasteiger partial charge in [0.05, 0.1) is 0 Å². The normalized spacial score (nSPS) is 10.5. The molecule has 0 aliphatic rings. The molecular formula is C17H19NOS. The van der Waals surface area contributed by atoms with Gasteiger partial charge in [0, 0.05) is 11.3 Å². The third-order valence-electron chi connectivity index (χ3n) is 3.37. The molecule has 0 aliphatic carbocycles. The van der Waals surface area contributed by atoms with Gasteiger partial charge in [-0.1, -0.05) is 43.7 Å². The number of nitrogen functional groups attached to an aromatic ring is 1. The Bertz CT molecular complexity index is 608. The summed E-state index contributed by atoms with van der Waals surface area (Å²) in [6.45, 7) is 2.12. The van der Waals surface area contributed by atoms with Gasteiger partial charge in [0.2, 0.25) is 5.12 Å². The Labute approximate surface area is 125 Å². The van der Waals surface area contributed by atoms with Gasteiger partial charge >= 0.3 is 0 Å². The number of carbonyl (C=O) groups is 1. The molecule has 104 valence electrons. The zero-order valence-electron chi connectivity index (χ0n) is 11.6. The van der Waals surface area contributed by atoms with Crippen LogP contribution in [0, 0.1) is 0 Å². The predicted octanol–water partition coefficient (Wildman–Crippen LogP) is 3.88. The van der Waals surface area contributed by atoms with Gasteiger partial charge < -0.3 is 5.73 Å². The molecule has 20 heavy (non-hydrogen) atoms. The molecule has 2 rings (SSSR count). The van der Waals surface area contributed by atoms with Crippen LogP contribution < -0.4 is 5.73 Å². The second-order valence-electron chi connectivity index (χ2n) is 4.92. The van der Waals surface area contributed by atoms with Crippen LogP contribution in [0.3, 0.4) is 0 Å². The van der Waals surface area contributed by atoms with Crippen molar-refractivity contribution in [1.82, 2.24) is 0 Å². The third kappa shape index (κ3) is 3.42. The van der Waals surface area contributed by atoms with Gasteiger partial charge in [-0.3, -0.25) is 4.79 Å². The SMILES string of the molecule is CCCc1cc(C(=O)S)cc(N)c1Cc1ccccc1. The molecule has 3 heteroatoms. The second kappa shape index (κ2) is 6.62. The molecule has 2 N–H and O–H groups in total. The maximum Gasteiger partial charge on any atom is 0.216 e. The van der Waals surface area contributed by atoms with E-state index >= 15 is 0 Å². The van der Waals surface area contributed by atoms with Gasteiger partial charge in [0.1, 0.15) is 0 Å². The van der Waals surface area contributed by atoms with Crippen molar-refractivity contribution in [3.05, 3.63) is 64.7 Å². The third-order valence-corrected chi connectivity index (χ3v) is 3.63. The van der Waals surface area contributed by atoms with Crippen LogP contribution in [0.2, 0.25) is 0 Å². The summed E-state index contributed by atoms with van der Waals surface area (Å²) in [5.41, 5.74) is 10.9. The lowest BCUT2D eigenvalue weighted by Crippen LogP contribution is -2.04. The van der Waals surface area contributed by atoms with Crippen LogP contribution in [0.15, 0.2) is 42.5 Å². The van der Waals surface area contributed by atoms with Gasteiger partial charge in [-0.25, -0.2) is 0 Å². The van der Waals surface area contributed by atoms with Gasteiger partial charge in [0.25, 0.3) is 0 Å². The topological polar surface area (TPSA) is 43.1 Å². The molecule has 0 aromatic heterocycles. The second-order valence-corrected chi connectivity index (χ2v) is 5.33. The van der Waals surface area contributed by atoms with Gasteiger partial charge in [-0.15, -0.1) is 12.6 Å². The highest BCUT2D eigenvalue weighted by molar-refractivity contribution is 7.97. The molecule has 0 bridgehead atoms. The lowest BCUT2D eigenvalue weighted by molar-refractivity contribution is 0.109. The fourth-order valence-corrected chi connectivity index (χ4v) is 2.52. The van der Waals surface area contributed by atoms with Crippen molar-refractivity contribution >= 4 is 23.4 Å². The quantitative estimate of drug-likeness (QED) is 0.646. The highest BCUT2D eigenvalue weighted by Gasteiger charge is 2.11. The Morgan fingerprint density at radius 3 is 2.50 bits per heavy atom. The predicted molar refractivity (Wildman–Crippen MR) is 87.4 cm³/mol. The molecule has 0 aliphatic heterocycles. The average Bonchev–Trinajstić information content (AvgIpc) is 2.43. The molecular weight excluding hydrogens is 266 g/mol. The van der Waals surface area contributed by atoms with Crippen LogP contribution in [0.25, 0.3) is 0 Å². The summed E-state index contributed by atoms with van der Waals surface area (Å²) in [6, 6.07) is 13.9. The van der Waals surface area contributed by atoms with Crippen molar-refractivity contribution in [1.29, 1.82) is 0 Å². The summed E-state index contributed by atoms with van der Waals surface area (Å²) in [7, 11) is 0. The molecule has 0 atom stereocenters. The fourth-order valence-electron chi connectivity index (χ4n) is 2.39. The summed E-state index contributed by atoms with van der Waals surface area (Å²) < 4.78 is 0. The van der Waals surface area contributed by atoms with E-state index in [4.69, 9.17) is 5.73 Å². The smallest absolute Gasteiger partial charge is 0.216 e. The van der Waals surface area contributed by atoms with Crippen LogP contribution in [-0.4, -0.2) is 5.12 Å². The first-order valence-corrected chi connectivity index (χ1v) is 7.25. The number of hydrogen-bond donors (Lipinski definition) is 2. The molecule has 0 amide bonds. The lowest BCUT2D eigenvalue weighted by Gasteiger charge is -2.14. The van der Waals surface area contributed by atoms with E-state index in [1.165, 1.54) is 5.56 Å². The van der Waals surface area contributed by atoms with E-state index in [-0.39, 0.29) is 5.12 Å². The molecule has 0 saturated heterocycles. The number of anilines is 1. The Morgan fingerprint density at radius 1 is 1.20 bits per heavy atom. The Hall–Kier alpha value is -1.74. The van der Waals surface area contributed by atoms with Gasteiger partial charge in [-0.2, -0.15) is 0 Å². The number of rotatable bonds is 5. The first-order valence-electron chi connectivity index (χ1n) is 6.80. The molecule has 0 heterocycles. The lowest BCUT2D eigenvalue weighted by atomic mass is 9.93. The maximum atomic E-state index is 11.4. The van der Waals surface area contributed by atoms with E-state index in [1.54, 1.807) is 6.07 Å². The summed E-state index contributed by atoms with van der Waals surface area (Å²) in [6.07, 6.45) is 2.73. The van der Waals surface area contributed by atoms with Crippen LogP contribution in [0.1, 0.15) is 40.4 Å². The summed E-state index contributed by atoms with van der Waals surface area (Å²) >= 11 is 3.89. The highest BCUT2D eigenvalue weighted by atomic mass is 32.1. The minimum atomic E-state index is -0.236. The molecule has 0 fully saturated rings. The Balaban J connectivity index is 2.43. The van der Waals surface area contributed by atoms with Crippen molar-refractivity contribution in [3.63, 3.8) is 0 Å². The fraction of sp³-hybridized carbons (Fsp3) is 0.235. The van der Waals surface area contributed by atoms with E-state index in [2.05, 4.69) is 31.7 Å². The van der Waals surface area contributed by atoms with Crippen molar-refractivity contribution in [2.24, 2.45) is 0 Å². The van der Waals surface area contributed by atoms with E-state index in [1.807, 2.05) is 24.3 Å². The Morgan fingerprint density at radius 2 is 1.90 bits per heavy atom. The van der Waals surface area contributed by atoms with Crippen molar-refractivity contribution in [3.8, 4) is 0 Å². The minimum absolute atomic E-state index is 0.236. The number of benzene rings is 2. The van der Waals surface area contributed by atoms with Gasteiger partial charge in [0.15, 0.2) is 0 Å². The van der Waals surface area contributed by atoms with Crippen LogP contribution in [0.5, 0.6) is 0 Å². The van der Waals surface area contributed by atoms with Crippen LogP contribution >= 0.6 is 12.6 Å². The summed E-state index contributed by atoms with van der Waals surface area (Å²) in [5, 5.41) is -0.236. The first-order chi connectivity index (χ1) is 9.61. The number of hydrogen-bond acceptors (Lipinski definition) is 2. The molecule has 0 saturated carbocycles. The standard InChI is InChI=1S/C17H19NOS/c1-2-6-13-10-14(17(19)20)11-16(18)15(13)9-12-7-4-3-5-8-12/h3-5,7-8,10-11H,2,6,9,18H2,1H3,(H,19,20). The van der Waals surface area contributed by atoms with E-state index in [0.717, 1.165) is 30.4 Å². The number of nitrogens with two attached hydrogens (primary N) is 1. The zero-order chi connectivity index (χ0) is 14.5. The van der Waals surface area contributed by atoms with Crippen molar-refractivity contribution in [2.45, 2.75) is 26.2 Å². The summed E-state index contributed by atoms with van der Waals surface area (Å²) in [5.74, 6) is 0. The molecule has 0 radical (unpaired) electrons. The monoisotopic (exact) mass is 285 g/mol. The molecule has 0 spiro atoms. The first kappa shape index (κ1) is 14.7. The number of thiol groups is 1. The minimum Gasteiger partial charge on any atom is -0.398 e. The summed E-state index contributed by atoms with van der Waals surface area (Å²) in [4.78, 5) is 11.4. The maximum absolute atomic E-state index is 11.4. The zero-order valence-corrected chi connectivity index (χ0v) is 12.5. The molecule has 2 aromatic carbocycles. The van der Waals surface area contributed by atoms with Crippen LogP contribution in [-0.2, 0) is 12.8 Å². The van der Waals surface area contributed by atoms with E-state index < -0.39 is 0 Å². The molecule has 0 unspecified atom stereocenters. The highest BCUT2D eigenvalue weighted by Crippen LogP contribution is 2.25. The van der Waals surface area contributed by atoms with Gasteiger partial charge in [-0.05, 0) is 41.7 Å². The number of carbonyl (C=O) groups excluding carboxylic acids is 1. The number of aryl methyl sites for hydroxylation is 1. The van der Waals surface area contributed by atoms with E-state index in [0.29, 0.717) is 11.3 Å². The van der Waals surface area contributed by atoms with Crippen molar-refractivity contribution < 1.29 is 4.79 Å².